The molecule has 1 amide bonds. The van der Waals surface area contributed by atoms with Gasteiger partial charge in [-0.3, -0.25) is 9.78 Å². The van der Waals surface area contributed by atoms with Crippen molar-refractivity contribution in [2.75, 3.05) is 6.61 Å². The number of ether oxygens (including phenoxy) is 1. The molecular weight excluding hydrogens is 312 g/mol. The Balaban J connectivity index is 1.52. The highest BCUT2D eigenvalue weighted by Gasteiger charge is 2.04. The monoisotopic (exact) mass is 326 g/mol. The molecule has 0 saturated carbocycles. The van der Waals surface area contributed by atoms with E-state index in [1.165, 1.54) is 0 Å². The number of hydrogen-bond donors (Lipinski definition) is 1. The SMILES string of the molecule is O=C(COc1ccc(Cl)cc1)NCc1cnc2ccccc2c1. The molecular formula is C18H15ClN2O2. The van der Waals surface area contributed by atoms with E-state index >= 15 is 0 Å². The van der Waals surface area contributed by atoms with Gasteiger partial charge in [0, 0.05) is 23.2 Å². The summed E-state index contributed by atoms with van der Waals surface area (Å²) in [6.07, 6.45) is 1.77. The summed E-state index contributed by atoms with van der Waals surface area (Å²) in [5.41, 5.74) is 1.89. The van der Waals surface area contributed by atoms with Gasteiger partial charge < -0.3 is 10.1 Å². The highest BCUT2D eigenvalue weighted by atomic mass is 35.5. The van der Waals surface area contributed by atoms with Crippen LogP contribution in [0.15, 0.2) is 60.8 Å². The Morgan fingerprint density at radius 2 is 1.91 bits per heavy atom. The molecule has 3 aromatic rings. The summed E-state index contributed by atoms with van der Waals surface area (Å²) in [6, 6.07) is 16.8. The van der Waals surface area contributed by atoms with E-state index in [2.05, 4.69) is 10.3 Å². The Hall–Kier alpha value is -2.59. The van der Waals surface area contributed by atoms with Gasteiger partial charge in [0.2, 0.25) is 0 Å². The third-order valence-corrected chi connectivity index (χ3v) is 3.57. The van der Waals surface area contributed by atoms with E-state index in [4.69, 9.17) is 16.3 Å². The summed E-state index contributed by atoms with van der Waals surface area (Å²) in [5, 5.41) is 4.50. The second-order valence-corrected chi connectivity index (χ2v) is 5.49. The van der Waals surface area contributed by atoms with Crippen LogP contribution in [0.3, 0.4) is 0 Å². The number of halogens is 1. The van der Waals surface area contributed by atoms with Crippen molar-refractivity contribution in [2.45, 2.75) is 6.54 Å². The average molecular weight is 327 g/mol. The molecule has 3 rings (SSSR count). The fourth-order valence-electron chi connectivity index (χ4n) is 2.14. The molecule has 0 bridgehead atoms. The Morgan fingerprint density at radius 3 is 2.74 bits per heavy atom. The van der Waals surface area contributed by atoms with Crippen LogP contribution in [-0.2, 0) is 11.3 Å². The molecule has 0 saturated heterocycles. The molecule has 0 aliphatic carbocycles. The minimum Gasteiger partial charge on any atom is -0.484 e. The quantitative estimate of drug-likeness (QED) is 0.779. The van der Waals surface area contributed by atoms with Gasteiger partial charge in [0.25, 0.3) is 5.91 Å². The second-order valence-electron chi connectivity index (χ2n) is 5.06. The van der Waals surface area contributed by atoms with Gasteiger partial charge in [0.15, 0.2) is 6.61 Å². The molecule has 4 nitrogen and oxygen atoms in total. The molecule has 2 aromatic carbocycles. The van der Waals surface area contributed by atoms with Crippen molar-refractivity contribution in [3.8, 4) is 5.75 Å². The number of pyridine rings is 1. The van der Waals surface area contributed by atoms with E-state index in [0.717, 1.165) is 16.5 Å². The minimum atomic E-state index is -0.187. The lowest BCUT2D eigenvalue weighted by Crippen LogP contribution is -2.28. The molecule has 0 radical (unpaired) electrons. The lowest BCUT2D eigenvalue weighted by Gasteiger charge is -2.08. The number of amides is 1. The van der Waals surface area contributed by atoms with Crippen LogP contribution in [-0.4, -0.2) is 17.5 Å². The van der Waals surface area contributed by atoms with E-state index in [9.17, 15) is 4.79 Å². The fourth-order valence-corrected chi connectivity index (χ4v) is 2.27. The summed E-state index contributed by atoms with van der Waals surface area (Å²) in [5.74, 6) is 0.421. The van der Waals surface area contributed by atoms with Crippen LogP contribution in [0.5, 0.6) is 5.75 Å². The number of rotatable bonds is 5. The van der Waals surface area contributed by atoms with Crippen molar-refractivity contribution in [1.82, 2.24) is 10.3 Å². The van der Waals surface area contributed by atoms with Crippen LogP contribution in [0, 0.1) is 0 Å². The van der Waals surface area contributed by atoms with Crippen molar-refractivity contribution >= 4 is 28.4 Å². The summed E-state index contributed by atoms with van der Waals surface area (Å²) >= 11 is 5.79. The number of aromatic nitrogens is 1. The maximum absolute atomic E-state index is 11.8. The van der Waals surface area contributed by atoms with Crippen LogP contribution >= 0.6 is 11.6 Å². The fraction of sp³-hybridized carbons (Fsp3) is 0.111. The molecule has 0 aliphatic rings. The maximum Gasteiger partial charge on any atom is 0.258 e. The van der Waals surface area contributed by atoms with Gasteiger partial charge in [0.1, 0.15) is 5.75 Å². The first-order valence-corrected chi connectivity index (χ1v) is 7.57. The van der Waals surface area contributed by atoms with Gasteiger partial charge in [0.05, 0.1) is 5.52 Å². The third-order valence-electron chi connectivity index (χ3n) is 3.32. The average Bonchev–Trinajstić information content (AvgIpc) is 2.59. The van der Waals surface area contributed by atoms with Gasteiger partial charge in [-0.05, 0) is 42.0 Å². The number of hydrogen-bond acceptors (Lipinski definition) is 3. The van der Waals surface area contributed by atoms with E-state index in [1.54, 1.807) is 30.5 Å². The molecule has 0 unspecified atom stereocenters. The number of nitrogens with zero attached hydrogens (tertiary/aromatic N) is 1. The van der Waals surface area contributed by atoms with E-state index < -0.39 is 0 Å². The number of carbonyl (C=O) groups excluding carboxylic acids is 1. The van der Waals surface area contributed by atoms with E-state index in [-0.39, 0.29) is 12.5 Å². The summed E-state index contributed by atoms with van der Waals surface area (Å²) < 4.78 is 5.40. The zero-order valence-corrected chi connectivity index (χ0v) is 13.1. The lowest BCUT2D eigenvalue weighted by atomic mass is 10.1. The second kappa shape index (κ2) is 7.11. The standard InChI is InChI=1S/C18H15ClN2O2/c19-15-5-7-16(8-6-15)23-12-18(22)21-11-13-9-14-3-1-2-4-17(14)20-10-13/h1-10H,11-12H2,(H,21,22). The predicted molar refractivity (Wildman–Crippen MR) is 90.5 cm³/mol. The highest BCUT2D eigenvalue weighted by molar-refractivity contribution is 6.30. The molecule has 0 aliphatic heterocycles. The van der Waals surface area contributed by atoms with Crippen LogP contribution < -0.4 is 10.1 Å². The number of nitrogens with one attached hydrogen (secondary N) is 1. The Labute approximate surface area is 139 Å². The number of para-hydroxylation sites is 1. The van der Waals surface area contributed by atoms with Gasteiger partial charge >= 0.3 is 0 Å². The topological polar surface area (TPSA) is 51.2 Å². The van der Waals surface area contributed by atoms with Crippen LogP contribution in [0.4, 0.5) is 0 Å². The molecule has 1 heterocycles. The molecule has 1 N–H and O–H groups in total. The Bertz CT molecular complexity index is 819. The summed E-state index contributed by atoms with van der Waals surface area (Å²) in [6.45, 7) is 0.378. The van der Waals surface area contributed by atoms with Gasteiger partial charge in [-0.1, -0.05) is 29.8 Å². The zero-order chi connectivity index (χ0) is 16.1. The third kappa shape index (κ3) is 4.20. The van der Waals surface area contributed by atoms with Crippen molar-refractivity contribution in [1.29, 1.82) is 0 Å². The number of carbonyl (C=O) groups is 1. The summed E-state index contributed by atoms with van der Waals surface area (Å²) in [7, 11) is 0. The largest absolute Gasteiger partial charge is 0.484 e. The summed E-state index contributed by atoms with van der Waals surface area (Å²) in [4.78, 5) is 16.2. The first-order valence-electron chi connectivity index (χ1n) is 7.19. The van der Waals surface area contributed by atoms with Crippen molar-refractivity contribution < 1.29 is 9.53 Å². The number of fused-ring (bicyclic) bond motifs is 1. The molecule has 5 heteroatoms. The van der Waals surface area contributed by atoms with Crippen LogP contribution in [0.25, 0.3) is 10.9 Å². The maximum atomic E-state index is 11.8. The number of benzene rings is 2. The molecule has 0 fully saturated rings. The van der Waals surface area contributed by atoms with Crippen LogP contribution in [0.2, 0.25) is 5.02 Å². The first kappa shape index (κ1) is 15.3. The predicted octanol–water partition coefficient (Wildman–Crippen LogP) is 3.58. The molecule has 23 heavy (non-hydrogen) atoms. The molecule has 1 aromatic heterocycles. The van der Waals surface area contributed by atoms with Gasteiger partial charge in [-0.2, -0.15) is 0 Å². The van der Waals surface area contributed by atoms with Gasteiger partial charge in [-0.15, -0.1) is 0 Å². The Morgan fingerprint density at radius 1 is 1.13 bits per heavy atom. The lowest BCUT2D eigenvalue weighted by molar-refractivity contribution is -0.123. The highest BCUT2D eigenvalue weighted by Crippen LogP contribution is 2.15. The smallest absolute Gasteiger partial charge is 0.258 e. The molecule has 116 valence electrons. The van der Waals surface area contributed by atoms with Crippen molar-refractivity contribution in [3.63, 3.8) is 0 Å². The normalized spacial score (nSPS) is 10.5. The Kier molecular flexibility index (Phi) is 4.74. The van der Waals surface area contributed by atoms with Crippen molar-refractivity contribution in [3.05, 3.63) is 71.4 Å². The van der Waals surface area contributed by atoms with Crippen LogP contribution in [0.1, 0.15) is 5.56 Å². The minimum absolute atomic E-state index is 0.0390. The van der Waals surface area contributed by atoms with E-state index in [1.807, 2.05) is 30.3 Å². The van der Waals surface area contributed by atoms with Crippen molar-refractivity contribution in [2.24, 2.45) is 0 Å². The molecule has 0 atom stereocenters. The van der Waals surface area contributed by atoms with E-state index in [0.29, 0.717) is 17.3 Å². The zero-order valence-electron chi connectivity index (χ0n) is 12.3. The first-order chi connectivity index (χ1) is 11.2. The molecule has 0 spiro atoms. The van der Waals surface area contributed by atoms with Gasteiger partial charge in [-0.25, -0.2) is 0 Å².